The lowest BCUT2D eigenvalue weighted by molar-refractivity contribution is 0.353. The summed E-state index contributed by atoms with van der Waals surface area (Å²) in [5, 5.41) is 0. The summed E-state index contributed by atoms with van der Waals surface area (Å²) in [6, 6.07) is 54.0. The molecule has 7 aromatic rings. The van der Waals surface area contributed by atoms with Crippen molar-refractivity contribution in [3.05, 3.63) is 163 Å². The fourth-order valence-electron chi connectivity index (χ4n) is 8.06. The number of hydrogen-bond donors (Lipinski definition) is 0. The SMILES string of the molecule is c1ccc(-c2cccc(-c3nc(-c4ccccc4)nc(-c4ccccc4-c4ccc5c(c4)C4(CCCCC4)c4ccccc4-5)n3)c2)cc1. The Hall–Kier alpha value is -5.67. The minimum Gasteiger partial charge on any atom is -0.208 e. The monoisotopic (exact) mass is 617 g/mol. The average Bonchev–Trinajstić information content (AvgIpc) is 3.43. The van der Waals surface area contributed by atoms with Gasteiger partial charge in [-0.3, -0.25) is 0 Å². The fraction of sp³-hybridized carbons (Fsp3) is 0.133. The second-order valence-electron chi connectivity index (χ2n) is 13.1. The fourth-order valence-corrected chi connectivity index (χ4v) is 8.06. The summed E-state index contributed by atoms with van der Waals surface area (Å²) in [6.07, 6.45) is 6.29. The maximum Gasteiger partial charge on any atom is 0.164 e. The molecule has 48 heavy (non-hydrogen) atoms. The first-order valence-electron chi connectivity index (χ1n) is 17.1. The Morgan fingerprint density at radius 1 is 0.333 bits per heavy atom. The molecule has 9 rings (SSSR count). The number of aromatic nitrogens is 3. The van der Waals surface area contributed by atoms with Crippen molar-refractivity contribution in [2.75, 3.05) is 0 Å². The predicted octanol–water partition coefficient (Wildman–Crippen LogP) is 11.4. The maximum absolute atomic E-state index is 5.19. The molecule has 0 amide bonds. The molecule has 6 aromatic carbocycles. The van der Waals surface area contributed by atoms with Crippen LogP contribution < -0.4 is 0 Å². The van der Waals surface area contributed by atoms with E-state index in [1.54, 1.807) is 0 Å². The molecule has 1 spiro atoms. The topological polar surface area (TPSA) is 38.7 Å². The molecule has 1 saturated carbocycles. The quantitative estimate of drug-likeness (QED) is 0.193. The van der Waals surface area contributed by atoms with Crippen LogP contribution in [0.4, 0.5) is 0 Å². The van der Waals surface area contributed by atoms with Gasteiger partial charge in [-0.1, -0.05) is 159 Å². The van der Waals surface area contributed by atoms with Crippen molar-refractivity contribution in [3.63, 3.8) is 0 Å². The third kappa shape index (κ3) is 4.86. The average molecular weight is 618 g/mol. The molecule has 0 saturated heterocycles. The Kier molecular flexibility index (Phi) is 7.04. The van der Waals surface area contributed by atoms with E-state index in [1.807, 2.05) is 24.3 Å². The van der Waals surface area contributed by atoms with Crippen molar-refractivity contribution in [2.45, 2.75) is 37.5 Å². The summed E-state index contributed by atoms with van der Waals surface area (Å²) in [6.45, 7) is 0. The van der Waals surface area contributed by atoms with Crippen LogP contribution in [0.25, 0.3) is 67.5 Å². The molecule has 0 unspecified atom stereocenters. The zero-order valence-electron chi connectivity index (χ0n) is 26.8. The van der Waals surface area contributed by atoms with Crippen molar-refractivity contribution in [1.29, 1.82) is 0 Å². The van der Waals surface area contributed by atoms with Gasteiger partial charge in [0.25, 0.3) is 0 Å². The first-order valence-corrected chi connectivity index (χ1v) is 17.1. The molecular formula is C45H35N3. The van der Waals surface area contributed by atoms with Gasteiger partial charge in [0.2, 0.25) is 0 Å². The Morgan fingerprint density at radius 2 is 0.896 bits per heavy atom. The van der Waals surface area contributed by atoms with Gasteiger partial charge in [0.1, 0.15) is 0 Å². The second kappa shape index (κ2) is 11.8. The highest BCUT2D eigenvalue weighted by molar-refractivity contribution is 5.87. The molecule has 0 atom stereocenters. The van der Waals surface area contributed by atoms with E-state index < -0.39 is 0 Å². The normalized spacial score (nSPS) is 14.4. The molecule has 0 radical (unpaired) electrons. The van der Waals surface area contributed by atoms with Gasteiger partial charge < -0.3 is 0 Å². The van der Waals surface area contributed by atoms with Crippen LogP contribution in [0.5, 0.6) is 0 Å². The maximum atomic E-state index is 5.19. The van der Waals surface area contributed by atoms with E-state index in [0.717, 1.165) is 33.4 Å². The van der Waals surface area contributed by atoms with Crippen molar-refractivity contribution in [3.8, 4) is 67.5 Å². The van der Waals surface area contributed by atoms with Crippen molar-refractivity contribution >= 4 is 0 Å². The highest BCUT2D eigenvalue weighted by atomic mass is 15.0. The van der Waals surface area contributed by atoms with Gasteiger partial charge in [-0.2, -0.15) is 0 Å². The van der Waals surface area contributed by atoms with Gasteiger partial charge in [-0.05, 0) is 69.5 Å². The highest BCUT2D eigenvalue weighted by Gasteiger charge is 2.43. The van der Waals surface area contributed by atoms with Gasteiger partial charge in [-0.15, -0.1) is 0 Å². The second-order valence-corrected chi connectivity index (χ2v) is 13.1. The molecule has 2 aliphatic rings. The standard InChI is InChI=1S/C45H35N3/c1-4-15-31(16-5-1)33-19-14-20-35(29-33)43-46-42(32-17-6-2-7-18-32)47-44(48-43)39-23-9-8-21-36(39)34-25-26-38-37-22-10-11-24-40(37)45(41(38)30-34)27-12-3-13-28-45/h1-2,4-11,14-26,29-30H,3,12-13,27-28H2. The van der Waals surface area contributed by atoms with Crippen LogP contribution >= 0.6 is 0 Å². The summed E-state index contributed by atoms with van der Waals surface area (Å²) in [5.41, 5.74) is 13.5. The van der Waals surface area contributed by atoms with E-state index in [4.69, 9.17) is 15.0 Å². The smallest absolute Gasteiger partial charge is 0.164 e. The third-order valence-electron chi connectivity index (χ3n) is 10.3. The zero-order valence-corrected chi connectivity index (χ0v) is 26.8. The third-order valence-corrected chi connectivity index (χ3v) is 10.3. The Balaban J connectivity index is 1.20. The summed E-state index contributed by atoms with van der Waals surface area (Å²) < 4.78 is 0. The van der Waals surface area contributed by atoms with E-state index in [1.165, 1.54) is 59.9 Å². The highest BCUT2D eigenvalue weighted by Crippen LogP contribution is 2.56. The van der Waals surface area contributed by atoms with Gasteiger partial charge in [-0.25, -0.2) is 15.0 Å². The molecule has 0 bridgehead atoms. The molecule has 0 N–H and O–H groups in total. The molecule has 3 heteroatoms. The van der Waals surface area contributed by atoms with Crippen LogP contribution in [0, 0.1) is 0 Å². The van der Waals surface area contributed by atoms with Gasteiger partial charge in [0, 0.05) is 22.1 Å². The first kappa shape index (κ1) is 28.5. The summed E-state index contributed by atoms with van der Waals surface area (Å²) in [5.74, 6) is 2.01. The van der Waals surface area contributed by atoms with Gasteiger partial charge in [0.05, 0.1) is 0 Å². The molecule has 1 heterocycles. The van der Waals surface area contributed by atoms with E-state index >= 15 is 0 Å². The Bertz CT molecular complexity index is 2270. The number of nitrogens with zero attached hydrogens (tertiary/aromatic N) is 3. The van der Waals surface area contributed by atoms with Crippen LogP contribution in [0.2, 0.25) is 0 Å². The molecular weight excluding hydrogens is 583 g/mol. The van der Waals surface area contributed by atoms with Crippen LogP contribution in [-0.2, 0) is 5.41 Å². The number of hydrogen-bond acceptors (Lipinski definition) is 3. The molecule has 3 nitrogen and oxygen atoms in total. The molecule has 1 fully saturated rings. The Labute approximate surface area is 282 Å². The number of fused-ring (bicyclic) bond motifs is 5. The largest absolute Gasteiger partial charge is 0.208 e. The van der Waals surface area contributed by atoms with Crippen LogP contribution in [0.1, 0.15) is 43.2 Å². The summed E-state index contributed by atoms with van der Waals surface area (Å²) in [7, 11) is 0. The van der Waals surface area contributed by atoms with Crippen LogP contribution in [0.15, 0.2) is 152 Å². The first-order chi connectivity index (χ1) is 23.8. The minimum atomic E-state index is 0.0969. The number of rotatable bonds is 5. The van der Waals surface area contributed by atoms with Gasteiger partial charge in [0.15, 0.2) is 17.5 Å². The van der Waals surface area contributed by atoms with Crippen LogP contribution in [-0.4, -0.2) is 15.0 Å². The summed E-state index contributed by atoms with van der Waals surface area (Å²) >= 11 is 0. The van der Waals surface area contributed by atoms with E-state index in [9.17, 15) is 0 Å². The summed E-state index contributed by atoms with van der Waals surface area (Å²) in [4.78, 5) is 15.4. The Morgan fingerprint density at radius 3 is 1.67 bits per heavy atom. The predicted molar refractivity (Wildman–Crippen MR) is 196 cm³/mol. The van der Waals surface area contributed by atoms with Crippen LogP contribution in [0.3, 0.4) is 0 Å². The van der Waals surface area contributed by atoms with E-state index in [-0.39, 0.29) is 5.41 Å². The van der Waals surface area contributed by atoms with Gasteiger partial charge >= 0.3 is 0 Å². The lowest BCUT2D eigenvalue weighted by Gasteiger charge is -2.36. The lowest BCUT2D eigenvalue weighted by atomic mass is 9.67. The van der Waals surface area contributed by atoms with Crippen molar-refractivity contribution < 1.29 is 0 Å². The number of benzene rings is 6. The molecule has 1 aromatic heterocycles. The molecule has 0 aliphatic heterocycles. The minimum absolute atomic E-state index is 0.0969. The molecule has 230 valence electrons. The van der Waals surface area contributed by atoms with E-state index in [2.05, 4.69) is 127 Å². The zero-order chi connectivity index (χ0) is 31.9. The molecule has 2 aliphatic carbocycles. The van der Waals surface area contributed by atoms with E-state index in [0.29, 0.717) is 17.5 Å². The lowest BCUT2D eigenvalue weighted by Crippen LogP contribution is -2.28. The van der Waals surface area contributed by atoms with Crippen molar-refractivity contribution in [2.24, 2.45) is 0 Å². The van der Waals surface area contributed by atoms with Crippen molar-refractivity contribution in [1.82, 2.24) is 15.0 Å².